The number of rotatable bonds is 4. The van der Waals surface area contributed by atoms with Gasteiger partial charge in [-0.05, 0) is 41.7 Å². The Morgan fingerprint density at radius 3 is 1.44 bits per heavy atom. The zero-order chi connectivity index (χ0) is 18.0. The summed E-state index contributed by atoms with van der Waals surface area (Å²) in [7, 11) is 0. The van der Waals surface area contributed by atoms with Gasteiger partial charge in [0.1, 0.15) is 5.79 Å². The molecule has 0 spiro atoms. The van der Waals surface area contributed by atoms with Crippen LogP contribution in [-0.4, -0.2) is 0 Å². The second-order valence-electron chi connectivity index (χ2n) is 6.67. The fraction of sp³-hybridized carbons (Fsp3) is 0.182. The van der Waals surface area contributed by atoms with Gasteiger partial charge >= 0.3 is 0 Å². The molecule has 3 aromatic rings. The number of hydrogen-bond acceptors (Lipinski definition) is 3. The van der Waals surface area contributed by atoms with Gasteiger partial charge in [0, 0.05) is 11.5 Å². The minimum absolute atomic E-state index is 0.0219. The minimum Gasteiger partial charge on any atom is -0.297 e. The normalized spacial score (nSPS) is 11.8. The maximum Gasteiger partial charge on any atom is 0.143 e. The Morgan fingerprint density at radius 1 is 0.600 bits per heavy atom. The van der Waals surface area contributed by atoms with Crippen molar-refractivity contribution in [1.29, 1.82) is 0 Å². The van der Waals surface area contributed by atoms with E-state index in [1.165, 1.54) is 22.3 Å². The smallest absolute Gasteiger partial charge is 0.143 e. The highest BCUT2D eigenvalue weighted by molar-refractivity contribution is 5.51. The molecule has 6 N–H and O–H groups in total. The molecule has 128 valence electrons. The third-order valence-corrected chi connectivity index (χ3v) is 4.74. The van der Waals surface area contributed by atoms with Crippen molar-refractivity contribution in [1.82, 2.24) is 0 Å². The van der Waals surface area contributed by atoms with Crippen LogP contribution in [0.15, 0.2) is 72.8 Å². The lowest BCUT2D eigenvalue weighted by molar-refractivity contribution is 0.482. The highest BCUT2D eigenvalue weighted by atomic mass is 15.1. The molecule has 0 saturated carbocycles. The van der Waals surface area contributed by atoms with Crippen LogP contribution in [0, 0.1) is 13.8 Å². The first-order valence-corrected chi connectivity index (χ1v) is 8.46. The number of hydrogen-bond donors (Lipinski definition) is 3. The summed E-state index contributed by atoms with van der Waals surface area (Å²) >= 11 is 0. The molecule has 3 heteroatoms. The first kappa shape index (κ1) is 17.4. The molecular weight excluding hydrogens is 306 g/mol. The first-order chi connectivity index (χ1) is 11.9. The average molecular weight is 331 g/mol. The highest BCUT2D eigenvalue weighted by Crippen LogP contribution is 2.37. The topological polar surface area (TPSA) is 78.1 Å². The second kappa shape index (κ2) is 6.81. The summed E-state index contributed by atoms with van der Waals surface area (Å²) in [5, 5.41) is 0. The Labute approximate surface area is 149 Å². The predicted octanol–water partition coefficient (Wildman–Crippen LogP) is 3.47. The van der Waals surface area contributed by atoms with Crippen LogP contribution in [0.3, 0.4) is 0 Å². The molecule has 0 saturated heterocycles. The third kappa shape index (κ3) is 3.49. The summed E-state index contributed by atoms with van der Waals surface area (Å²) in [4.78, 5) is 0. The predicted molar refractivity (Wildman–Crippen MR) is 104 cm³/mol. The molecule has 0 atom stereocenters. The van der Waals surface area contributed by atoms with E-state index in [9.17, 15) is 0 Å². The molecule has 0 amide bonds. The standard InChI is InChI=1S/C22H25N3/c1-15-9-3-5-11-17(15)21(18-12-6-4-10-16(18)2)19-13-7-8-14-20(19)22(23,24)25/h3-14,21H,23-25H2,1-2H3. The summed E-state index contributed by atoms with van der Waals surface area (Å²) in [5.74, 6) is -1.37. The average Bonchev–Trinajstić information content (AvgIpc) is 2.58. The van der Waals surface area contributed by atoms with Crippen molar-refractivity contribution >= 4 is 0 Å². The van der Waals surface area contributed by atoms with Crippen molar-refractivity contribution in [3.8, 4) is 0 Å². The fourth-order valence-corrected chi connectivity index (χ4v) is 3.47. The van der Waals surface area contributed by atoms with Gasteiger partial charge in [-0.1, -0.05) is 72.8 Å². The zero-order valence-corrected chi connectivity index (χ0v) is 14.7. The molecule has 3 aromatic carbocycles. The van der Waals surface area contributed by atoms with Crippen LogP contribution in [0.1, 0.15) is 39.3 Å². The number of aryl methyl sites for hydroxylation is 2. The van der Waals surface area contributed by atoms with E-state index in [1.807, 2.05) is 18.2 Å². The SMILES string of the molecule is Cc1ccccc1C(c1ccccc1C)c1ccccc1C(N)(N)N. The fourth-order valence-electron chi connectivity index (χ4n) is 3.47. The van der Waals surface area contributed by atoms with E-state index in [1.54, 1.807) is 0 Å². The van der Waals surface area contributed by atoms with Gasteiger partial charge in [0.2, 0.25) is 0 Å². The third-order valence-electron chi connectivity index (χ3n) is 4.74. The molecule has 0 radical (unpaired) electrons. The highest BCUT2D eigenvalue weighted by Gasteiger charge is 2.27. The summed E-state index contributed by atoms with van der Waals surface area (Å²) in [6.45, 7) is 4.26. The maximum atomic E-state index is 6.08. The van der Waals surface area contributed by atoms with Gasteiger partial charge in [-0.15, -0.1) is 0 Å². The summed E-state index contributed by atoms with van der Waals surface area (Å²) < 4.78 is 0. The zero-order valence-electron chi connectivity index (χ0n) is 14.7. The summed E-state index contributed by atoms with van der Waals surface area (Å²) in [6.07, 6.45) is 0. The molecule has 0 aromatic heterocycles. The van der Waals surface area contributed by atoms with Crippen LogP contribution < -0.4 is 17.2 Å². The number of nitrogens with two attached hydrogens (primary N) is 3. The van der Waals surface area contributed by atoms with Crippen LogP contribution in [0.5, 0.6) is 0 Å². The van der Waals surface area contributed by atoms with Crippen molar-refractivity contribution in [3.63, 3.8) is 0 Å². The van der Waals surface area contributed by atoms with Crippen LogP contribution in [-0.2, 0) is 5.79 Å². The van der Waals surface area contributed by atoms with Crippen molar-refractivity contribution < 1.29 is 0 Å². The van der Waals surface area contributed by atoms with E-state index in [0.717, 1.165) is 11.1 Å². The quantitative estimate of drug-likeness (QED) is 0.506. The molecule has 0 aliphatic heterocycles. The molecule has 25 heavy (non-hydrogen) atoms. The van der Waals surface area contributed by atoms with Crippen molar-refractivity contribution in [2.24, 2.45) is 17.2 Å². The van der Waals surface area contributed by atoms with Crippen molar-refractivity contribution in [2.75, 3.05) is 0 Å². The van der Waals surface area contributed by atoms with Crippen LogP contribution in [0.25, 0.3) is 0 Å². The summed E-state index contributed by atoms with van der Waals surface area (Å²) in [5.41, 5.74) is 25.0. The molecule has 0 aliphatic carbocycles. The molecule has 0 unspecified atom stereocenters. The molecule has 0 fully saturated rings. The Hall–Kier alpha value is -2.46. The van der Waals surface area contributed by atoms with E-state index in [0.29, 0.717) is 0 Å². The van der Waals surface area contributed by atoms with Crippen molar-refractivity contribution in [3.05, 3.63) is 106 Å². The molecule has 3 rings (SSSR count). The van der Waals surface area contributed by atoms with E-state index < -0.39 is 5.79 Å². The lowest BCUT2D eigenvalue weighted by Crippen LogP contribution is -2.55. The van der Waals surface area contributed by atoms with E-state index >= 15 is 0 Å². The Morgan fingerprint density at radius 2 is 1.00 bits per heavy atom. The van der Waals surface area contributed by atoms with Crippen LogP contribution >= 0.6 is 0 Å². The molecule has 0 aliphatic rings. The molecule has 0 heterocycles. The first-order valence-electron chi connectivity index (χ1n) is 8.46. The van der Waals surface area contributed by atoms with Gasteiger partial charge in [-0.25, -0.2) is 0 Å². The Bertz CT molecular complexity index is 833. The van der Waals surface area contributed by atoms with E-state index in [2.05, 4.69) is 68.4 Å². The Balaban J connectivity index is 2.31. The van der Waals surface area contributed by atoms with Crippen LogP contribution in [0.2, 0.25) is 0 Å². The van der Waals surface area contributed by atoms with Gasteiger partial charge in [-0.3, -0.25) is 17.2 Å². The van der Waals surface area contributed by atoms with Crippen LogP contribution in [0.4, 0.5) is 0 Å². The minimum atomic E-state index is -1.39. The largest absolute Gasteiger partial charge is 0.297 e. The van der Waals surface area contributed by atoms with Gasteiger partial charge in [0.05, 0.1) is 0 Å². The number of benzene rings is 3. The lowest BCUT2D eigenvalue weighted by atomic mass is 9.78. The lowest BCUT2D eigenvalue weighted by Gasteiger charge is -2.29. The van der Waals surface area contributed by atoms with E-state index in [-0.39, 0.29) is 5.92 Å². The second-order valence-corrected chi connectivity index (χ2v) is 6.67. The molecular formula is C22H25N3. The summed E-state index contributed by atoms with van der Waals surface area (Å²) in [6, 6.07) is 24.7. The van der Waals surface area contributed by atoms with Gasteiger partial charge in [0.25, 0.3) is 0 Å². The monoisotopic (exact) mass is 331 g/mol. The van der Waals surface area contributed by atoms with Gasteiger partial charge in [0.15, 0.2) is 0 Å². The Kier molecular flexibility index (Phi) is 4.73. The van der Waals surface area contributed by atoms with Gasteiger partial charge in [-0.2, -0.15) is 0 Å². The molecule has 0 bridgehead atoms. The maximum absolute atomic E-state index is 6.08. The van der Waals surface area contributed by atoms with Crippen molar-refractivity contribution in [2.45, 2.75) is 25.6 Å². The van der Waals surface area contributed by atoms with Gasteiger partial charge < -0.3 is 0 Å². The van der Waals surface area contributed by atoms with E-state index in [4.69, 9.17) is 17.2 Å². The molecule has 3 nitrogen and oxygen atoms in total.